The van der Waals surface area contributed by atoms with Gasteiger partial charge in [-0.25, -0.2) is 4.98 Å². The van der Waals surface area contributed by atoms with Crippen molar-refractivity contribution in [2.75, 3.05) is 46.8 Å². The molecule has 0 radical (unpaired) electrons. The first-order chi connectivity index (χ1) is 9.36. The lowest BCUT2D eigenvalue weighted by Crippen LogP contribution is -2.12. The van der Waals surface area contributed by atoms with E-state index in [1.165, 1.54) is 12.4 Å². The van der Waals surface area contributed by atoms with Crippen molar-refractivity contribution in [3.63, 3.8) is 0 Å². The van der Waals surface area contributed by atoms with Gasteiger partial charge in [-0.05, 0) is 0 Å². The zero-order valence-corrected chi connectivity index (χ0v) is 11.1. The Kier molecular flexibility index (Phi) is 8.82. The van der Waals surface area contributed by atoms with Gasteiger partial charge in [0.1, 0.15) is 6.61 Å². The molecule has 7 heteroatoms. The second kappa shape index (κ2) is 10.6. The average molecular weight is 272 g/mol. The van der Waals surface area contributed by atoms with Gasteiger partial charge in [0.05, 0.1) is 57.7 Å². The predicted molar refractivity (Wildman–Crippen MR) is 67.0 cm³/mol. The van der Waals surface area contributed by atoms with E-state index in [1.807, 2.05) is 0 Å². The Morgan fingerprint density at radius 3 is 2.21 bits per heavy atom. The Labute approximate surface area is 112 Å². The summed E-state index contributed by atoms with van der Waals surface area (Å²) in [5.74, 6) is 0.414. The molecule has 0 amide bonds. The third-order valence-corrected chi connectivity index (χ3v) is 2.13. The molecule has 1 aromatic rings. The van der Waals surface area contributed by atoms with E-state index in [0.717, 1.165) is 0 Å². The lowest BCUT2D eigenvalue weighted by Gasteiger charge is -2.07. The molecule has 1 rings (SSSR count). The van der Waals surface area contributed by atoms with Crippen molar-refractivity contribution in [1.29, 1.82) is 0 Å². The van der Waals surface area contributed by atoms with Crippen molar-refractivity contribution in [1.82, 2.24) is 9.97 Å². The molecule has 0 fully saturated rings. The Balaban J connectivity index is 1.95. The highest BCUT2D eigenvalue weighted by molar-refractivity contribution is 5.06. The standard InChI is InChI=1S/C12H20N2O5/c1-16-2-3-17-4-5-18-6-7-19-12-9-13-11(10-15)8-14-12/h8-9,15H,2-7,10H2,1H3. The SMILES string of the molecule is COCCOCCOCCOc1cnc(CO)cn1. The van der Waals surface area contributed by atoms with Gasteiger partial charge in [-0.1, -0.05) is 0 Å². The molecule has 1 N–H and O–H groups in total. The maximum absolute atomic E-state index is 8.80. The van der Waals surface area contributed by atoms with Crippen molar-refractivity contribution in [3.05, 3.63) is 18.1 Å². The van der Waals surface area contributed by atoms with Crippen molar-refractivity contribution in [3.8, 4) is 5.88 Å². The second-order valence-corrected chi connectivity index (χ2v) is 3.57. The first-order valence-electron chi connectivity index (χ1n) is 6.06. The molecular formula is C12H20N2O5. The molecule has 7 nitrogen and oxygen atoms in total. The van der Waals surface area contributed by atoms with Gasteiger partial charge < -0.3 is 24.1 Å². The minimum atomic E-state index is -0.126. The largest absolute Gasteiger partial charge is 0.474 e. The summed E-state index contributed by atoms with van der Waals surface area (Å²) < 4.78 is 20.7. The molecule has 0 unspecified atom stereocenters. The average Bonchev–Trinajstić information content (AvgIpc) is 2.46. The maximum Gasteiger partial charge on any atom is 0.232 e. The van der Waals surface area contributed by atoms with E-state index >= 15 is 0 Å². The van der Waals surface area contributed by atoms with Gasteiger partial charge in [-0.2, -0.15) is 0 Å². The van der Waals surface area contributed by atoms with Gasteiger partial charge in [-0.15, -0.1) is 0 Å². The van der Waals surface area contributed by atoms with Crippen LogP contribution in [0.3, 0.4) is 0 Å². The molecule has 19 heavy (non-hydrogen) atoms. The van der Waals surface area contributed by atoms with E-state index in [-0.39, 0.29) is 6.61 Å². The summed E-state index contributed by atoms with van der Waals surface area (Å²) in [6.45, 7) is 2.94. The van der Waals surface area contributed by atoms with Crippen LogP contribution >= 0.6 is 0 Å². The van der Waals surface area contributed by atoms with Gasteiger partial charge in [0.25, 0.3) is 0 Å². The van der Waals surface area contributed by atoms with Gasteiger partial charge in [0.2, 0.25) is 5.88 Å². The van der Waals surface area contributed by atoms with Gasteiger partial charge in [-0.3, -0.25) is 4.98 Å². The van der Waals surface area contributed by atoms with Crippen LogP contribution in [-0.2, 0) is 20.8 Å². The second-order valence-electron chi connectivity index (χ2n) is 3.57. The van der Waals surface area contributed by atoms with Gasteiger partial charge >= 0.3 is 0 Å². The summed E-state index contributed by atoms with van der Waals surface area (Å²) in [5, 5.41) is 8.80. The number of methoxy groups -OCH3 is 1. The minimum absolute atomic E-state index is 0.126. The van der Waals surface area contributed by atoms with Crippen molar-refractivity contribution >= 4 is 0 Å². The predicted octanol–water partition coefficient (Wildman–Crippen LogP) is 0.0273. The van der Waals surface area contributed by atoms with E-state index in [4.69, 9.17) is 24.1 Å². The van der Waals surface area contributed by atoms with E-state index < -0.39 is 0 Å². The molecule has 0 saturated carbocycles. The van der Waals surface area contributed by atoms with Crippen LogP contribution in [0.25, 0.3) is 0 Å². The highest BCUT2D eigenvalue weighted by Gasteiger charge is 1.97. The Morgan fingerprint density at radius 1 is 0.947 bits per heavy atom. The zero-order chi connectivity index (χ0) is 13.8. The molecular weight excluding hydrogens is 252 g/mol. The highest BCUT2D eigenvalue weighted by atomic mass is 16.6. The van der Waals surface area contributed by atoms with Crippen LogP contribution in [0.2, 0.25) is 0 Å². The molecule has 0 spiro atoms. The third kappa shape index (κ3) is 7.68. The van der Waals surface area contributed by atoms with Crippen LogP contribution in [0, 0.1) is 0 Å². The van der Waals surface area contributed by atoms with Crippen LogP contribution in [0.15, 0.2) is 12.4 Å². The van der Waals surface area contributed by atoms with Crippen LogP contribution in [0.5, 0.6) is 5.88 Å². The number of ether oxygens (including phenoxy) is 4. The Bertz CT molecular complexity index is 320. The number of aromatic nitrogens is 2. The number of aliphatic hydroxyl groups is 1. The van der Waals surface area contributed by atoms with Gasteiger partial charge in [0, 0.05) is 7.11 Å². The fraction of sp³-hybridized carbons (Fsp3) is 0.667. The summed E-state index contributed by atoms with van der Waals surface area (Å²) in [6, 6.07) is 0. The number of nitrogens with zero attached hydrogens (tertiary/aromatic N) is 2. The van der Waals surface area contributed by atoms with E-state index in [9.17, 15) is 0 Å². The summed E-state index contributed by atoms with van der Waals surface area (Å²) in [5.41, 5.74) is 0.511. The first-order valence-corrected chi connectivity index (χ1v) is 6.06. The zero-order valence-electron chi connectivity index (χ0n) is 11.1. The van der Waals surface area contributed by atoms with Crippen LogP contribution < -0.4 is 4.74 Å². The van der Waals surface area contributed by atoms with E-state index in [0.29, 0.717) is 51.2 Å². The van der Waals surface area contributed by atoms with Crippen LogP contribution in [0.1, 0.15) is 5.69 Å². The molecule has 0 aliphatic rings. The quantitative estimate of drug-likeness (QED) is 0.569. The Hall–Kier alpha value is -1.28. The molecule has 0 aromatic carbocycles. The van der Waals surface area contributed by atoms with E-state index in [1.54, 1.807) is 7.11 Å². The lowest BCUT2D eigenvalue weighted by atomic mass is 10.5. The summed E-state index contributed by atoms with van der Waals surface area (Å²) in [7, 11) is 1.63. The molecule has 0 aliphatic heterocycles. The van der Waals surface area contributed by atoms with Crippen molar-refractivity contribution in [2.24, 2.45) is 0 Å². The lowest BCUT2D eigenvalue weighted by molar-refractivity contribution is 0.0176. The van der Waals surface area contributed by atoms with Crippen molar-refractivity contribution < 1.29 is 24.1 Å². The summed E-state index contributed by atoms with van der Waals surface area (Å²) >= 11 is 0. The Morgan fingerprint density at radius 2 is 1.63 bits per heavy atom. The van der Waals surface area contributed by atoms with Crippen LogP contribution in [0.4, 0.5) is 0 Å². The molecule has 0 saturated heterocycles. The fourth-order valence-electron chi connectivity index (χ4n) is 1.17. The summed E-state index contributed by atoms with van der Waals surface area (Å²) in [6.07, 6.45) is 2.94. The number of rotatable bonds is 11. The molecule has 0 bridgehead atoms. The van der Waals surface area contributed by atoms with Gasteiger partial charge in [0.15, 0.2) is 0 Å². The molecule has 0 atom stereocenters. The third-order valence-electron chi connectivity index (χ3n) is 2.13. The molecule has 1 heterocycles. The van der Waals surface area contributed by atoms with Crippen molar-refractivity contribution in [2.45, 2.75) is 6.61 Å². The molecule has 0 aliphatic carbocycles. The normalized spacial score (nSPS) is 10.6. The summed E-state index contributed by atoms with van der Waals surface area (Å²) in [4.78, 5) is 7.92. The minimum Gasteiger partial charge on any atom is -0.474 e. The number of hydrogen-bond donors (Lipinski definition) is 1. The molecule has 1 aromatic heterocycles. The number of hydrogen-bond acceptors (Lipinski definition) is 7. The topological polar surface area (TPSA) is 82.9 Å². The van der Waals surface area contributed by atoms with E-state index in [2.05, 4.69) is 9.97 Å². The molecule has 108 valence electrons. The fourth-order valence-corrected chi connectivity index (χ4v) is 1.17. The number of aliphatic hydroxyl groups excluding tert-OH is 1. The first kappa shape index (κ1) is 15.8. The van der Waals surface area contributed by atoms with Crippen LogP contribution in [-0.4, -0.2) is 61.8 Å². The highest BCUT2D eigenvalue weighted by Crippen LogP contribution is 2.03. The monoisotopic (exact) mass is 272 g/mol. The maximum atomic E-state index is 8.80. The smallest absolute Gasteiger partial charge is 0.232 e.